The van der Waals surface area contributed by atoms with Crippen molar-refractivity contribution >= 4 is 23.9 Å². The minimum absolute atomic E-state index is 0.138. The first kappa shape index (κ1) is 16.3. The number of benzene rings is 2. The maximum absolute atomic E-state index is 12.8. The molecule has 2 aromatic carbocycles. The second-order valence-corrected chi connectivity index (χ2v) is 6.56. The van der Waals surface area contributed by atoms with Crippen molar-refractivity contribution in [2.75, 3.05) is 0 Å². The number of hydrogen-bond donors (Lipinski definition) is 0. The molecule has 3 nitrogen and oxygen atoms in total. The topological polar surface area (TPSA) is 34.4 Å². The third-order valence-corrected chi connectivity index (χ3v) is 4.65. The Morgan fingerprint density at radius 1 is 1.04 bits per heavy atom. The van der Waals surface area contributed by atoms with E-state index in [1.165, 1.54) is 5.56 Å². The first-order valence-electron chi connectivity index (χ1n) is 8.81. The van der Waals surface area contributed by atoms with Gasteiger partial charge in [0.05, 0.1) is 11.5 Å². The summed E-state index contributed by atoms with van der Waals surface area (Å²) in [5.41, 5.74) is 4.06. The van der Waals surface area contributed by atoms with Crippen LogP contribution in [0.2, 0.25) is 0 Å². The Labute approximate surface area is 153 Å². The molecule has 4 rings (SSSR count). The highest BCUT2D eigenvalue weighted by molar-refractivity contribution is 6.12. The van der Waals surface area contributed by atoms with Crippen LogP contribution in [0, 0.1) is 12.8 Å². The number of nitrogens with zero attached hydrogens (tertiary/aromatic N) is 2. The molecule has 0 radical (unpaired) electrons. The van der Waals surface area contributed by atoms with Crippen LogP contribution >= 0.6 is 0 Å². The van der Waals surface area contributed by atoms with Crippen molar-refractivity contribution < 1.29 is 4.79 Å². The van der Waals surface area contributed by atoms with Gasteiger partial charge in [-0.05, 0) is 37.1 Å². The van der Waals surface area contributed by atoms with Crippen molar-refractivity contribution in [2.45, 2.75) is 13.3 Å². The Bertz CT molecular complexity index is 979. The van der Waals surface area contributed by atoms with E-state index in [-0.39, 0.29) is 11.7 Å². The molecule has 128 valence electrons. The molecule has 0 bridgehead atoms. The number of allylic oxidation sites excluding steroid dienone is 1. The zero-order chi connectivity index (χ0) is 17.9. The maximum atomic E-state index is 12.8. The van der Waals surface area contributed by atoms with Gasteiger partial charge >= 0.3 is 0 Å². The van der Waals surface area contributed by atoms with E-state index in [9.17, 15) is 4.79 Å². The van der Waals surface area contributed by atoms with Crippen LogP contribution in [-0.4, -0.2) is 16.6 Å². The number of aryl methyl sites for hydroxylation is 1. The number of aromatic nitrogens is 1. The molecule has 1 aliphatic heterocycles. The van der Waals surface area contributed by atoms with Gasteiger partial charge < -0.3 is 4.57 Å². The second kappa shape index (κ2) is 6.96. The molecule has 1 atom stereocenters. The second-order valence-electron chi connectivity index (χ2n) is 6.56. The van der Waals surface area contributed by atoms with Gasteiger partial charge in [-0.25, -0.2) is 4.99 Å². The fourth-order valence-corrected chi connectivity index (χ4v) is 3.17. The van der Waals surface area contributed by atoms with E-state index < -0.39 is 0 Å². The summed E-state index contributed by atoms with van der Waals surface area (Å²) in [6, 6.07) is 20.2. The summed E-state index contributed by atoms with van der Waals surface area (Å²) in [6.45, 7) is 2.06. The summed E-state index contributed by atoms with van der Waals surface area (Å²) in [5.74, 6) is 0.664. The molecule has 0 fully saturated rings. The number of aliphatic imine (C=N–C) groups is 1. The highest BCUT2D eigenvalue weighted by Crippen LogP contribution is 2.31. The van der Waals surface area contributed by atoms with Gasteiger partial charge in [0.2, 0.25) is 0 Å². The number of hydrogen-bond acceptors (Lipinski definition) is 2. The lowest BCUT2D eigenvalue weighted by Crippen LogP contribution is -2.18. The molecule has 0 saturated heterocycles. The van der Waals surface area contributed by atoms with Crippen LogP contribution in [0.25, 0.3) is 11.8 Å². The zero-order valence-corrected chi connectivity index (χ0v) is 14.7. The third kappa shape index (κ3) is 3.16. The number of Topliss-reactive ketones (excluding diaryl/α,β-unsaturated/α-hetero) is 1. The van der Waals surface area contributed by atoms with E-state index in [2.05, 4.69) is 24.0 Å². The van der Waals surface area contributed by atoms with Crippen LogP contribution in [0.5, 0.6) is 0 Å². The lowest BCUT2D eigenvalue weighted by Gasteiger charge is -2.15. The SMILES string of the molecule is Cc1ccc(-n2ccc3c2N=CC(C/C=C/c2ccccc2)C3=O)cc1. The number of carbonyl (C=O) groups excluding carboxylic acids is 1. The normalized spacial score (nSPS) is 16.2. The quantitative estimate of drug-likeness (QED) is 0.626. The molecular weight excluding hydrogens is 320 g/mol. The van der Waals surface area contributed by atoms with Crippen LogP contribution in [0.3, 0.4) is 0 Å². The lowest BCUT2D eigenvalue weighted by atomic mass is 9.94. The van der Waals surface area contributed by atoms with Crippen molar-refractivity contribution in [3.8, 4) is 5.69 Å². The van der Waals surface area contributed by atoms with E-state index in [0.717, 1.165) is 17.1 Å². The Kier molecular flexibility index (Phi) is 4.36. The number of carbonyl (C=O) groups is 1. The number of fused-ring (bicyclic) bond motifs is 1. The van der Waals surface area contributed by atoms with Gasteiger partial charge in [0.25, 0.3) is 0 Å². The first-order chi connectivity index (χ1) is 12.7. The molecule has 0 N–H and O–H groups in total. The Morgan fingerprint density at radius 2 is 1.81 bits per heavy atom. The third-order valence-electron chi connectivity index (χ3n) is 4.65. The lowest BCUT2D eigenvalue weighted by molar-refractivity contribution is 0.0956. The van der Waals surface area contributed by atoms with E-state index in [1.54, 1.807) is 6.21 Å². The van der Waals surface area contributed by atoms with Gasteiger partial charge in [-0.1, -0.05) is 60.2 Å². The van der Waals surface area contributed by atoms with Crippen molar-refractivity contribution in [1.29, 1.82) is 0 Å². The predicted octanol–water partition coefficient (Wildman–Crippen LogP) is 5.40. The smallest absolute Gasteiger partial charge is 0.175 e. The number of ketones is 1. The highest BCUT2D eigenvalue weighted by Gasteiger charge is 2.26. The summed E-state index contributed by atoms with van der Waals surface area (Å²) >= 11 is 0. The Balaban J connectivity index is 1.54. The van der Waals surface area contributed by atoms with Crippen LogP contribution < -0.4 is 0 Å². The fraction of sp³-hybridized carbons (Fsp3) is 0.130. The summed E-state index contributed by atoms with van der Waals surface area (Å²) in [6.07, 6.45) is 8.46. The van der Waals surface area contributed by atoms with Gasteiger partial charge in [-0.15, -0.1) is 0 Å². The van der Waals surface area contributed by atoms with Crippen LogP contribution in [0.1, 0.15) is 27.9 Å². The van der Waals surface area contributed by atoms with Crippen molar-refractivity contribution in [2.24, 2.45) is 10.9 Å². The van der Waals surface area contributed by atoms with Crippen molar-refractivity contribution in [1.82, 2.24) is 4.57 Å². The summed E-state index contributed by atoms with van der Waals surface area (Å²) in [5, 5.41) is 0. The molecule has 0 saturated carbocycles. The summed E-state index contributed by atoms with van der Waals surface area (Å²) in [4.78, 5) is 17.4. The number of rotatable bonds is 4. The first-order valence-corrected chi connectivity index (χ1v) is 8.81. The van der Waals surface area contributed by atoms with Crippen LogP contribution in [-0.2, 0) is 0 Å². The minimum atomic E-state index is -0.198. The standard InChI is InChI=1S/C23H20N2O/c1-17-10-12-20(13-11-17)25-15-14-21-22(26)19(16-24-23(21)25)9-5-8-18-6-3-2-4-7-18/h2-8,10-16,19H,9H2,1H3/b8-5+. The maximum Gasteiger partial charge on any atom is 0.175 e. The zero-order valence-electron chi connectivity index (χ0n) is 14.7. The fourth-order valence-electron chi connectivity index (χ4n) is 3.17. The van der Waals surface area contributed by atoms with Gasteiger partial charge in [-0.2, -0.15) is 0 Å². The summed E-state index contributed by atoms with van der Waals surface area (Å²) in [7, 11) is 0. The molecule has 0 amide bonds. The van der Waals surface area contributed by atoms with Crippen LogP contribution in [0.15, 0.2) is 77.9 Å². The predicted molar refractivity (Wildman–Crippen MR) is 107 cm³/mol. The molecule has 1 unspecified atom stereocenters. The van der Waals surface area contributed by atoms with Crippen molar-refractivity contribution in [3.05, 3.63) is 89.6 Å². The van der Waals surface area contributed by atoms with Gasteiger partial charge in [-0.3, -0.25) is 4.79 Å². The van der Waals surface area contributed by atoms with E-state index >= 15 is 0 Å². The van der Waals surface area contributed by atoms with Crippen molar-refractivity contribution in [3.63, 3.8) is 0 Å². The molecule has 1 aromatic heterocycles. The van der Waals surface area contributed by atoms with Gasteiger partial charge in [0.15, 0.2) is 5.78 Å². The largest absolute Gasteiger partial charge is 0.301 e. The monoisotopic (exact) mass is 340 g/mol. The van der Waals surface area contributed by atoms with E-state index in [0.29, 0.717) is 12.0 Å². The molecule has 2 heterocycles. The molecule has 1 aliphatic rings. The van der Waals surface area contributed by atoms with E-state index in [4.69, 9.17) is 0 Å². The molecular formula is C23H20N2O. The average molecular weight is 340 g/mol. The minimum Gasteiger partial charge on any atom is -0.301 e. The molecule has 3 heteroatoms. The van der Waals surface area contributed by atoms with Crippen LogP contribution in [0.4, 0.5) is 5.82 Å². The highest BCUT2D eigenvalue weighted by atomic mass is 16.1. The molecule has 0 spiro atoms. The average Bonchev–Trinajstić information content (AvgIpc) is 3.10. The molecule has 26 heavy (non-hydrogen) atoms. The molecule has 0 aliphatic carbocycles. The Hall–Kier alpha value is -3.20. The molecule has 3 aromatic rings. The Morgan fingerprint density at radius 3 is 2.58 bits per heavy atom. The van der Waals surface area contributed by atoms with E-state index in [1.807, 2.05) is 71.4 Å². The summed E-state index contributed by atoms with van der Waals surface area (Å²) < 4.78 is 1.97. The van der Waals surface area contributed by atoms with Gasteiger partial charge in [0, 0.05) is 18.1 Å². The van der Waals surface area contributed by atoms with Gasteiger partial charge in [0.1, 0.15) is 5.82 Å².